The van der Waals surface area contributed by atoms with Crippen molar-refractivity contribution in [2.45, 2.75) is 39.7 Å². The smallest absolute Gasteiger partial charge is 0.243 e. The van der Waals surface area contributed by atoms with Crippen LogP contribution in [-0.4, -0.2) is 20.6 Å². The van der Waals surface area contributed by atoms with Gasteiger partial charge >= 0.3 is 0 Å². The molecule has 2 rings (SSSR count). The van der Waals surface area contributed by atoms with E-state index in [1.165, 1.54) is 16.8 Å². The number of hydrogen-bond acceptors (Lipinski definition) is 3. The van der Waals surface area contributed by atoms with E-state index in [2.05, 4.69) is 36.2 Å². The first-order valence-corrected chi connectivity index (χ1v) is 6.33. The Hall–Kier alpha value is -1.65. The highest BCUT2D eigenvalue weighted by Gasteiger charge is 2.08. The van der Waals surface area contributed by atoms with Crippen molar-refractivity contribution in [1.29, 1.82) is 0 Å². The fourth-order valence-electron chi connectivity index (χ4n) is 1.80. The standard InChI is InChI=1S/C13H19FN4/c1-9(2)4-5-10(3)15-13-16-12-7-6-11(14)8-18(12)17-13/h6-10H,4-5H2,1-3H3,(H,15,17). The van der Waals surface area contributed by atoms with Gasteiger partial charge in [0.2, 0.25) is 5.95 Å². The van der Waals surface area contributed by atoms with E-state index < -0.39 is 0 Å². The molecule has 1 unspecified atom stereocenters. The third-order valence-corrected chi connectivity index (χ3v) is 2.85. The molecule has 0 spiro atoms. The second-order valence-electron chi connectivity index (χ2n) is 5.10. The van der Waals surface area contributed by atoms with Crippen molar-refractivity contribution in [3.8, 4) is 0 Å². The Labute approximate surface area is 106 Å². The van der Waals surface area contributed by atoms with Gasteiger partial charge in [-0.15, -0.1) is 5.10 Å². The second-order valence-corrected chi connectivity index (χ2v) is 5.10. The number of hydrogen-bond donors (Lipinski definition) is 1. The van der Waals surface area contributed by atoms with Gasteiger partial charge in [0.1, 0.15) is 5.82 Å². The number of aromatic nitrogens is 3. The van der Waals surface area contributed by atoms with Gasteiger partial charge in [0, 0.05) is 6.04 Å². The van der Waals surface area contributed by atoms with Crippen molar-refractivity contribution in [2.75, 3.05) is 5.32 Å². The van der Waals surface area contributed by atoms with Crippen LogP contribution in [0.15, 0.2) is 18.3 Å². The summed E-state index contributed by atoms with van der Waals surface area (Å²) in [5.41, 5.74) is 0.648. The zero-order valence-electron chi connectivity index (χ0n) is 11.0. The molecule has 0 aromatic carbocycles. The molecule has 0 aliphatic rings. The van der Waals surface area contributed by atoms with Gasteiger partial charge in [-0.1, -0.05) is 13.8 Å². The van der Waals surface area contributed by atoms with Crippen LogP contribution in [0.1, 0.15) is 33.6 Å². The highest BCUT2D eigenvalue weighted by Crippen LogP contribution is 2.12. The molecule has 2 aromatic heterocycles. The van der Waals surface area contributed by atoms with Crippen LogP contribution in [0, 0.1) is 11.7 Å². The van der Waals surface area contributed by atoms with Crippen molar-refractivity contribution in [1.82, 2.24) is 14.6 Å². The van der Waals surface area contributed by atoms with Crippen LogP contribution in [0.3, 0.4) is 0 Å². The molecule has 0 fully saturated rings. The van der Waals surface area contributed by atoms with Gasteiger partial charge in [0.25, 0.3) is 0 Å². The van der Waals surface area contributed by atoms with Crippen LogP contribution in [0.2, 0.25) is 0 Å². The van der Waals surface area contributed by atoms with Crippen molar-refractivity contribution in [3.05, 3.63) is 24.1 Å². The highest BCUT2D eigenvalue weighted by molar-refractivity contribution is 5.43. The minimum atomic E-state index is -0.313. The summed E-state index contributed by atoms with van der Waals surface area (Å²) in [6.07, 6.45) is 3.56. The lowest BCUT2D eigenvalue weighted by molar-refractivity contribution is 0.526. The molecule has 0 saturated carbocycles. The van der Waals surface area contributed by atoms with Crippen LogP contribution in [0.4, 0.5) is 10.3 Å². The van der Waals surface area contributed by atoms with E-state index in [1.54, 1.807) is 6.07 Å². The monoisotopic (exact) mass is 250 g/mol. The first kappa shape index (κ1) is 12.8. The lowest BCUT2D eigenvalue weighted by atomic mass is 10.0. The van der Waals surface area contributed by atoms with E-state index in [-0.39, 0.29) is 5.82 Å². The van der Waals surface area contributed by atoms with Gasteiger partial charge in [0.15, 0.2) is 5.65 Å². The molecule has 0 aliphatic carbocycles. The van der Waals surface area contributed by atoms with Gasteiger partial charge < -0.3 is 5.32 Å². The molecular formula is C13H19FN4. The SMILES string of the molecule is CC(C)CCC(C)Nc1nc2ccc(F)cn2n1. The number of nitrogens with one attached hydrogen (secondary N) is 1. The molecule has 1 atom stereocenters. The van der Waals surface area contributed by atoms with Crippen LogP contribution in [0.25, 0.3) is 5.65 Å². The molecule has 0 saturated heterocycles. The molecule has 98 valence electrons. The fourth-order valence-corrected chi connectivity index (χ4v) is 1.80. The summed E-state index contributed by atoms with van der Waals surface area (Å²) in [5, 5.41) is 7.44. The van der Waals surface area contributed by atoms with Crippen molar-refractivity contribution in [3.63, 3.8) is 0 Å². The lowest BCUT2D eigenvalue weighted by Gasteiger charge is -2.13. The molecule has 4 nitrogen and oxygen atoms in total. The molecule has 2 heterocycles. The molecule has 18 heavy (non-hydrogen) atoms. The Morgan fingerprint density at radius 1 is 1.28 bits per heavy atom. The van der Waals surface area contributed by atoms with E-state index in [0.29, 0.717) is 23.6 Å². The maximum absolute atomic E-state index is 13.0. The largest absolute Gasteiger partial charge is 0.350 e. The maximum Gasteiger partial charge on any atom is 0.243 e. The van der Waals surface area contributed by atoms with Crippen LogP contribution < -0.4 is 5.32 Å². The molecule has 2 aromatic rings. The van der Waals surface area contributed by atoms with Gasteiger partial charge in [-0.05, 0) is 37.8 Å². The van der Waals surface area contributed by atoms with Crippen molar-refractivity contribution in [2.24, 2.45) is 5.92 Å². The lowest BCUT2D eigenvalue weighted by Crippen LogP contribution is -2.16. The predicted molar refractivity (Wildman–Crippen MR) is 70.1 cm³/mol. The predicted octanol–water partition coefficient (Wildman–Crippen LogP) is 3.11. The fraction of sp³-hybridized carbons (Fsp3) is 0.538. The Bertz CT molecular complexity index is 521. The maximum atomic E-state index is 13.0. The summed E-state index contributed by atoms with van der Waals surface area (Å²) >= 11 is 0. The number of rotatable bonds is 5. The first-order valence-electron chi connectivity index (χ1n) is 6.33. The number of pyridine rings is 1. The Morgan fingerprint density at radius 3 is 2.78 bits per heavy atom. The molecule has 0 amide bonds. The first-order chi connectivity index (χ1) is 8.54. The minimum Gasteiger partial charge on any atom is -0.350 e. The second kappa shape index (κ2) is 5.33. The van der Waals surface area contributed by atoms with Crippen LogP contribution >= 0.6 is 0 Å². The quantitative estimate of drug-likeness (QED) is 0.886. The molecule has 0 aliphatic heterocycles. The third-order valence-electron chi connectivity index (χ3n) is 2.85. The van der Waals surface area contributed by atoms with E-state index in [0.717, 1.165) is 12.8 Å². The molecular weight excluding hydrogens is 231 g/mol. The van der Waals surface area contributed by atoms with E-state index >= 15 is 0 Å². The summed E-state index contributed by atoms with van der Waals surface area (Å²) in [6, 6.07) is 3.32. The summed E-state index contributed by atoms with van der Waals surface area (Å²) < 4.78 is 14.5. The zero-order chi connectivity index (χ0) is 13.1. The van der Waals surface area contributed by atoms with Gasteiger partial charge in [-0.2, -0.15) is 4.98 Å². The topological polar surface area (TPSA) is 42.2 Å². The minimum absolute atomic E-state index is 0.313. The highest BCUT2D eigenvalue weighted by atomic mass is 19.1. The third kappa shape index (κ3) is 3.18. The summed E-state index contributed by atoms with van der Waals surface area (Å²) in [5.74, 6) is 0.932. The van der Waals surface area contributed by atoms with Gasteiger partial charge in [0.05, 0.1) is 6.20 Å². The molecule has 5 heteroatoms. The average molecular weight is 250 g/mol. The van der Waals surface area contributed by atoms with Crippen molar-refractivity contribution >= 4 is 11.6 Å². The number of anilines is 1. The Kier molecular flexibility index (Phi) is 3.79. The normalized spacial score (nSPS) is 13.2. The van der Waals surface area contributed by atoms with E-state index in [1.807, 2.05) is 0 Å². The zero-order valence-corrected chi connectivity index (χ0v) is 11.0. The summed E-state index contributed by atoms with van der Waals surface area (Å²) in [6.45, 7) is 6.52. The summed E-state index contributed by atoms with van der Waals surface area (Å²) in [4.78, 5) is 4.29. The number of halogens is 1. The number of fused-ring (bicyclic) bond motifs is 1. The molecule has 0 bridgehead atoms. The van der Waals surface area contributed by atoms with Crippen LogP contribution in [0.5, 0.6) is 0 Å². The van der Waals surface area contributed by atoms with Crippen molar-refractivity contribution < 1.29 is 4.39 Å². The van der Waals surface area contributed by atoms with E-state index in [4.69, 9.17) is 0 Å². The van der Waals surface area contributed by atoms with Gasteiger partial charge in [-0.25, -0.2) is 8.91 Å². The summed E-state index contributed by atoms with van der Waals surface area (Å²) in [7, 11) is 0. The Morgan fingerprint density at radius 2 is 2.06 bits per heavy atom. The average Bonchev–Trinajstić information content (AvgIpc) is 2.67. The van der Waals surface area contributed by atoms with E-state index in [9.17, 15) is 4.39 Å². The Balaban J connectivity index is 2.03. The molecule has 0 radical (unpaired) electrons. The number of nitrogens with zero attached hydrogens (tertiary/aromatic N) is 3. The molecule has 1 N–H and O–H groups in total. The van der Waals surface area contributed by atoms with Gasteiger partial charge in [-0.3, -0.25) is 0 Å². The van der Waals surface area contributed by atoms with Crippen LogP contribution in [-0.2, 0) is 0 Å².